The fourth-order valence-corrected chi connectivity index (χ4v) is 3.04. The molecule has 0 aliphatic carbocycles. The summed E-state index contributed by atoms with van der Waals surface area (Å²) in [7, 11) is 0. The van der Waals surface area contributed by atoms with Gasteiger partial charge in [0.15, 0.2) is 0 Å². The van der Waals surface area contributed by atoms with Gasteiger partial charge >= 0.3 is 0 Å². The minimum atomic E-state index is -0.362. The molecule has 1 fully saturated rings. The molecule has 1 aromatic carbocycles. The van der Waals surface area contributed by atoms with Crippen LogP contribution in [-0.2, 0) is 6.42 Å². The van der Waals surface area contributed by atoms with Crippen molar-refractivity contribution in [2.75, 3.05) is 19.6 Å². The number of piperidine rings is 1. The normalized spacial score (nSPS) is 20.7. The summed E-state index contributed by atoms with van der Waals surface area (Å²) in [5.74, 6) is 0.678. The average molecular weight is 289 g/mol. The molecule has 1 saturated heterocycles. The second-order valence-corrected chi connectivity index (χ2v) is 7.82. The Morgan fingerprint density at radius 2 is 1.67 bits per heavy atom. The number of hydrogen-bond acceptors (Lipinski definition) is 2. The highest BCUT2D eigenvalue weighted by Gasteiger charge is 2.26. The number of rotatable bonds is 5. The van der Waals surface area contributed by atoms with Gasteiger partial charge in [0.1, 0.15) is 0 Å². The highest BCUT2D eigenvalue weighted by Crippen LogP contribution is 2.30. The van der Waals surface area contributed by atoms with Crippen molar-refractivity contribution in [1.29, 1.82) is 0 Å². The van der Waals surface area contributed by atoms with Crippen LogP contribution in [0.15, 0.2) is 24.3 Å². The van der Waals surface area contributed by atoms with Gasteiger partial charge in [-0.25, -0.2) is 0 Å². The van der Waals surface area contributed by atoms with Gasteiger partial charge in [-0.2, -0.15) is 0 Å². The van der Waals surface area contributed by atoms with Crippen LogP contribution >= 0.6 is 0 Å². The Hall–Kier alpha value is -0.860. The van der Waals surface area contributed by atoms with Crippen molar-refractivity contribution in [3.05, 3.63) is 35.4 Å². The molecule has 2 heteroatoms. The van der Waals surface area contributed by atoms with Crippen molar-refractivity contribution < 1.29 is 5.11 Å². The number of β-amino-alcohol motifs (C(OH)–C–C–N with tert-alkyl or cyclic N) is 1. The molecule has 2 rings (SSSR count). The third-order valence-corrected chi connectivity index (χ3v) is 4.65. The predicted molar refractivity (Wildman–Crippen MR) is 89.4 cm³/mol. The molecule has 1 N–H and O–H groups in total. The third-order valence-electron chi connectivity index (χ3n) is 4.65. The number of aliphatic hydroxyl groups excluding tert-OH is 1. The van der Waals surface area contributed by atoms with Crippen LogP contribution in [0.2, 0.25) is 0 Å². The lowest BCUT2D eigenvalue weighted by atomic mass is 9.82. The third kappa shape index (κ3) is 5.12. The first-order chi connectivity index (χ1) is 9.85. The molecule has 1 aliphatic heterocycles. The molecule has 0 amide bonds. The fourth-order valence-electron chi connectivity index (χ4n) is 3.04. The number of benzene rings is 1. The average Bonchev–Trinajstić information content (AvgIpc) is 2.41. The van der Waals surface area contributed by atoms with Crippen LogP contribution in [0.25, 0.3) is 0 Å². The van der Waals surface area contributed by atoms with Crippen molar-refractivity contribution in [2.45, 2.75) is 53.1 Å². The van der Waals surface area contributed by atoms with E-state index >= 15 is 0 Å². The zero-order valence-corrected chi connectivity index (χ0v) is 14.1. The largest absolute Gasteiger partial charge is 0.387 e. The molecule has 21 heavy (non-hydrogen) atoms. The van der Waals surface area contributed by atoms with Crippen molar-refractivity contribution in [1.82, 2.24) is 4.90 Å². The Bertz CT molecular complexity index is 425. The molecule has 1 heterocycles. The van der Waals surface area contributed by atoms with Crippen LogP contribution in [0.4, 0.5) is 0 Å². The number of aliphatic hydroxyl groups is 1. The van der Waals surface area contributed by atoms with Gasteiger partial charge in [-0.1, -0.05) is 52.0 Å². The van der Waals surface area contributed by atoms with Gasteiger partial charge in [0.05, 0.1) is 6.10 Å². The summed E-state index contributed by atoms with van der Waals surface area (Å²) in [5.41, 5.74) is 2.88. The molecule has 1 aromatic rings. The van der Waals surface area contributed by atoms with E-state index in [9.17, 15) is 5.11 Å². The predicted octanol–water partition coefficient (Wildman–Crippen LogP) is 4.04. The minimum Gasteiger partial charge on any atom is -0.387 e. The molecule has 1 unspecified atom stereocenters. The summed E-state index contributed by atoms with van der Waals surface area (Å²) >= 11 is 0. The van der Waals surface area contributed by atoms with E-state index in [4.69, 9.17) is 0 Å². The summed E-state index contributed by atoms with van der Waals surface area (Å²) < 4.78 is 0. The van der Waals surface area contributed by atoms with Crippen molar-refractivity contribution in [3.8, 4) is 0 Å². The summed E-state index contributed by atoms with van der Waals surface area (Å²) in [6.07, 6.45) is 3.21. The van der Waals surface area contributed by atoms with E-state index in [0.717, 1.165) is 31.6 Å². The fraction of sp³-hybridized carbons (Fsp3) is 0.684. The van der Waals surface area contributed by atoms with Gasteiger partial charge in [0, 0.05) is 6.54 Å². The first-order valence-corrected chi connectivity index (χ1v) is 8.35. The van der Waals surface area contributed by atoms with Crippen LogP contribution < -0.4 is 0 Å². The van der Waals surface area contributed by atoms with E-state index in [2.05, 4.69) is 56.9 Å². The van der Waals surface area contributed by atoms with Crippen LogP contribution in [0.1, 0.15) is 57.8 Å². The van der Waals surface area contributed by atoms with Gasteiger partial charge in [-0.05, 0) is 54.8 Å². The van der Waals surface area contributed by atoms with E-state index in [1.165, 1.54) is 18.4 Å². The lowest BCUT2D eigenvalue weighted by Gasteiger charge is -2.37. The molecular formula is C19H31NO. The zero-order chi connectivity index (χ0) is 15.5. The monoisotopic (exact) mass is 289 g/mol. The Morgan fingerprint density at radius 1 is 1.10 bits per heavy atom. The first-order valence-electron chi connectivity index (χ1n) is 8.35. The molecule has 0 aromatic heterocycles. The molecule has 0 saturated carbocycles. The molecule has 1 atom stereocenters. The van der Waals surface area contributed by atoms with Gasteiger partial charge < -0.3 is 10.0 Å². The Morgan fingerprint density at radius 3 is 2.19 bits per heavy atom. The second-order valence-electron chi connectivity index (χ2n) is 7.82. The minimum absolute atomic E-state index is 0.362. The highest BCUT2D eigenvalue weighted by molar-refractivity contribution is 5.24. The Balaban J connectivity index is 1.87. The maximum absolute atomic E-state index is 10.4. The maximum Gasteiger partial charge on any atom is 0.0916 e. The maximum atomic E-state index is 10.4. The summed E-state index contributed by atoms with van der Waals surface area (Å²) in [5, 5.41) is 10.4. The standard InChI is InChI=1S/C19H31NO/c1-15(2)13-16-5-7-17(8-6-16)18(21)14-20-11-9-19(3,4)10-12-20/h5-8,15,18,21H,9-14H2,1-4H3. The van der Waals surface area contributed by atoms with E-state index in [0.29, 0.717) is 11.3 Å². The topological polar surface area (TPSA) is 23.5 Å². The van der Waals surface area contributed by atoms with Gasteiger partial charge in [0.25, 0.3) is 0 Å². The van der Waals surface area contributed by atoms with Crippen molar-refractivity contribution >= 4 is 0 Å². The van der Waals surface area contributed by atoms with Crippen LogP contribution in [0.5, 0.6) is 0 Å². The van der Waals surface area contributed by atoms with E-state index in [1.54, 1.807) is 0 Å². The van der Waals surface area contributed by atoms with Crippen molar-refractivity contribution in [3.63, 3.8) is 0 Å². The van der Waals surface area contributed by atoms with Gasteiger partial charge in [-0.3, -0.25) is 0 Å². The Kier molecular flexibility index (Phi) is 5.45. The van der Waals surface area contributed by atoms with Crippen LogP contribution in [-0.4, -0.2) is 29.6 Å². The summed E-state index contributed by atoms with van der Waals surface area (Å²) in [4.78, 5) is 2.40. The lowest BCUT2D eigenvalue weighted by molar-refractivity contribution is 0.0703. The van der Waals surface area contributed by atoms with E-state index in [-0.39, 0.29) is 6.10 Å². The first kappa shape index (κ1) is 16.5. The number of likely N-dealkylation sites (tertiary alicyclic amines) is 1. The SMILES string of the molecule is CC(C)Cc1ccc(C(O)CN2CCC(C)(C)CC2)cc1. The van der Waals surface area contributed by atoms with Gasteiger partial charge in [-0.15, -0.1) is 0 Å². The number of hydrogen-bond donors (Lipinski definition) is 1. The van der Waals surface area contributed by atoms with Gasteiger partial charge in [0.2, 0.25) is 0 Å². The van der Waals surface area contributed by atoms with Crippen molar-refractivity contribution in [2.24, 2.45) is 11.3 Å². The summed E-state index contributed by atoms with van der Waals surface area (Å²) in [6.45, 7) is 12.1. The Labute approximate surface area is 130 Å². The van der Waals surface area contributed by atoms with E-state index < -0.39 is 0 Å². The molecule has 0 spiro atoms. The highest BCUT2D eigenvalue weighted by atomic mass is 16.3. The van der Waals surface area contributed by atoms with Crippen LogP contribution in [0.3, 0.4) is 0 Å². The number of nitrogens with zero attached hydrogens (tertiary/aromatic N) is 1. The zero-order valence-electron chi connectivity index (χ0n) is 14.1. The molecular weight excluding hydrogens is 258 g/mol. The molecule has 118 valence electrons. The molecule has 1 aliphatic rings. The second kappa shape index (κ2) is 6.93. The molecule has 0 radical (unpaired) electrons. The van der Waals surface area contributed by atoms with E-state index in [1.807, 2.05) is 0 Å². The smallest absolute Gasteiger partial charge is 0.0916 e. The van der Waals surface area contributed by atoms with Crippen LogP contribution in [0, 0.1) is 11.3 Å². The summed E-state index contributed by atoms with van der Waals surface area (Å²) in [6, 6.07) is 8.52. The quantitative estimate of drug-likeness (QED) is 0.884. The molecule has 2 nitrogen and oxygen atoms in total. The molecule has 0 bridgehead atoms. The lowest BCUT2D eigenvalue weighted by Crippen LogP contribution is -2.39.